The van der Waals surface area contributed by atoms with E-state index in [1.54, 1.807) is 0 Å². The third-order valence-corrected chi connectivity index (χ3v) is 3.85. The molecule has 1 N–H and O–H groups in total. The fourth-order valence-electron chi connectivity index (χ4n) is 2.68. The fraction of sp³-hybridized carbons (Fsp3) is 1.00. The van der Waals surface area contributed by atoms with Crippen molar-refractivity contribution in [1.82, 2.24) is 15.1 Å². The number of likely N-dealkylation sites (N-methyl/N-ethyl adjacent to an activating group) is 1. The summed E-state index contributed by atoms with van der Waals surface area (Å²) in [5.74, 6) is 0. The number of rotatable bonds is 5. The second-order valence-electron chi connectivity index (χ2n) is 5.36. The van der Waals surface area contributed by atoms with Gasteiger partial charge >= 0.3 is 0 Å². The molecule has 1 unspecified atom stereocenters. The maximum Gasteiger partial charge on any atom is 0.0594 e. The number of piperidine rings is 1. The lowest BCUT2D eigenvalue weighted by Gasteiger charge is -2.31. The lowest BCUT2D eigenvalue weighted by molar-refractivity contribution is 0.0340. The van der Waals surface area contributed by atoms with Crippen LogP contribution in [0.5, 0.6) is 0 Å². The third kappa shape index (κ3) is 4.92. The van der Waals surface area contributed by atoms with Crippen LogP contribution >= 0.6 is 0 Å². The Morgan fingerprint density at radius 1 is 1.29 bits per heavy atom. The summed E-state index contributed by atoms with van der Waals surface area (Å²) >= 11 is 0. The van der Waals surface area contributed by atoms with Gasteiger partial charge in [-0.1, -0.05) is 6.42 Å². The number of ether oxygens (including phenoxy) is 1. The van der Waals surface area contributed by atoms with Crippen LogP contribution in [-0.2, 0) is 4.74 Å². The Hall–Kier alpha value is -0.160. The summed E-state index contributed by atoms with van der Waals surface area (Å²) in [6.45, 7) is 8.81. The van der Waals surface area contributed by atoms with Gasteiger partial charge in [-0.2, -0.15) is 0 Å². The van der Waals surface area contributed by atoms with Crippen LogP contribution in [0.3, 0.4) is 0 Å². The minimum atomic E-state index is 0.721. The molecular weight excluding hydrogens is 214 g/mol. The zero-order valence-electron chi connectivity index (χ0n) is 11.2. The van der Waals surface area contributed by atoms with Crippen molar-refractivity contribution in [2.24, 2.45) is 0 Å². The quantitative estimate of drug-likeness (QED) is 0.754. The van der Waals surface area contributed by atoms with Crippen LogP contribution in [-0.4, -0.2) is 75.4 Å². The smallest absolute Gasteiger partial charge is 0.0594 e. The first-order valence-electron chi connectivity index (χ1n) is 7.06. The van der Waals surface area contributed by atoms with Crippen LogP contribution in [0.1, 0.15) is 19.3 Å². The number of hydrogen-bond donors (Lipinski definition) is 1. The Bertz CT molecular complexity index is 201. The average molecular weight is 241 g/mol. The van der Waals surface area contributed by atoms with E-state index in [1.165, 1.54) is 45.4 Å². The summed E-state index contributed by atoms with van der Waals surface area (Å²) in [5.41, 5.74) is 0. The van der Waals surface area contributed by atoms with E-state index in [0.717, 1.165) is 32.3 Å². The molecule has 0 saturated carbocycles. The standard InChI is InChI=1S/C13H27N3O/c1-15(12-13-4-2-3-5-14-13)6-7-16-8-10-17-11-9-16/h13-14H,2-12H2,1H3. The number of nitrogens with zero attached hydrogens (tertiary/aromatic N) is 2. The molecule has 0 aromatic heterocycles. The van der Waals surface area contributed by atoms with E-state index >= 15 is 0 Å². The molecule has 4 heteroatoms. The van der Waals surface area contributed by atoms with Gasteiger partial charge in [-0.25, -0.2) is 0 Å². The van der Waals surface area contributed by atoms with Crippen molar-refractivity contribution >= 4 is 0 Å². The highest BCUT2D eigenvalue weighted by atomic mass is 16.5. The maximum absolute atomic E-state index is 5.36. The van der Waals surface area contributed by atoms with E-state index in [0.29, 0.717) is 0 Å². The van der Waals surface area contributed by atoms with Gasteiger partial charge in [0.1, 0.15) is 0 Å². The summed E-state index contributed by atoms with van der Waals surface area (Å²) in [4.78, 5) is 4.98. The molecule has 1 atom stereocenters. The summed E-state index contributed by atoms with van der Waals surface area (Å²) in [6.07, 6.45) is 4.10. The van der Waals surface area contributed by atoms with E-state index in [2.05, 4.69) is 22.2 Å². The van der Waals surface area contributed by atoms with Gasteiger partial charge in [0, 0.05) is 38.8 Å². The molecule has 2 aliphatic rings. The van der Waals surface area contributed by atoms with Gasteiger partial charge in [-0.15, -0.1) is 0 Å². The van der Waals surface area contributed by atoms with Crippen LogP contribution in [0.25, 0.3) is 0 Å². The van der Waals surface area contributed by atoms with Gasteiger partial charge < -0.3 is 15.0 Å². The third-order valence-electron chi connectivity index (χ3n) is 3.85. The van der Waals surface area contributed by atoms with Crippen molar-refractivity contribution in [2.75, 3.05) is 59.5 Å². The molecule has 4 nitrogen and oxygen atoms in total. The molecule has 2 rings (SSSR count). The predicted octanol–water partition coefficient (Wildman–Crippen LogP) is 0.393. The first kappa shape index (κ1) is 13.3. The van der Waals surface area contributed by atoms with Gasteiger partial charge in [0.05, 0.1) is 13.2 Å². The van der Waals surface area contributed by atoms with Gasteiger partial charge in [0.15, 0.2) is 0 Å². The van der Waals surface area contributed by atoms with Crippen LogP contribution in [0.4, 0.5) is 0 Å². The van der Waals surface area contributed by atoms with Crippen molar-refractivity contribution < 1.29 is 4.74 Å². The lowest BCUT2D eigenvalue weighted by atomic mass is 10.0. The molecule has 0 aliphatic carbocycles. The van der Waals surface area contributed by atoms with Crippen LogP contribution in [0.15, 0.2) is 0 Å². The molecule has 0 radical (unpaired) electrons. The Labute approximate surface area is 105 Å². The number of hydrogen-bond acceptors (Lipinski definition) is 4. The second-order valence-corrected chi connectivity index (χ2v) is 5.36. The van der Waals surface area contributed by atoms with E-state index < -0.39 is 0 Å². The highest BCUT2D eigenvalue weighted by molar-refractivity contribution is 4.75. The topological polar surface area (TPSA) is 27.7 Å². The number of morpholine rings is 1. The molecule has 0 aromatic carbocycles. The van der Waals surface area contributed by atoms with E-state index in [-0.39, 0.29) is 0 Å². The predicted molar refractivity (Wildman–Crippen MR) is 70.4 cm³/mol. The SMILES string of the molecule is CN(CCN1CCOCC1)CC1CCCCN1. The molecule has 0 spiro atoms. The van der Waals surface area contributed by atoms with E-state index in [1.807, 2.05) is 0 Å². The molecule has 2 saturated heterocycles. The lowest BCUT2D eigenvalue weighted by Crippen LogP contribution is -2.45. The molecule has 0 aromatic rings. The van der Waals surface area contributed by atoms with Crippen molar-refractivity contribution in [3.05, 3.63) is 0 Å². The van der Waals surface area contributed by atoms with Crippen molar-refractivity contribution in [3.63, 3.8) is 0 Å². The Morgan fingerprint density at radius 2 is 2.12 bits per heavy atom. The summed E-state index contributed by atoms with van der Waals surface area (Å²) in [5, 5.41) is 3.61. The molecule has 2 fully saturated rings. The highest BCUT2D eigenvalue weighted by Gasteiger charge is 2.15. The number of nitrogens with one attached hydrogen (secondary N) is 1. The molecule has 0 bridgehead atoms. The molecule has 2 heterocycles. The zero-order valence-corrected chi connectivity index (χ0v) is 11.2. The second kappa shape index (κ2) is 7.31. The largest absolute Gasteiger partial charge is 0.379 e. The Balaban J connectivity index is 1.57. The van der Waals surface area contributed by atoms with Crippen LogP contribution in [0.2, 0.25) is 0 Å². The Kier molecular flexibility index (Phi) is 5.71. The maximum atomic E-state index is 5.36. The van der Waals surface area contributed by atoms with Gasteiger partial charge in [0.25, 0.3) is 0 Å². The van der Waals surface area contributed by atoms with Crippen molar-refractivity contribution in [1.29, 1.82) is 0 Å². The first-order chi connectivity index (χ1) is 8.34. The van der Waals surface area contributed by atoms with E-state index in [4.69, 9.17) is 4.74 Å². The Morgan fingerprint density at radius 3 is 2.82 bits per heavy atom. The summed E-state index contributed by atoms with van der Waals surface area (Å²) < 4.78 is 5.36. The summed E-state index contributed by atoms with van der Waals surface area (Å²) in [6, 6.07) is 0.721. The first-order valence-corrected chi connectivity index (χ1v) is 7.06. The van der Waals surface area contributed by atoms with Crippen molar-refractivity contribution in [2.45, 2.75) is 25.3 Å². The summed E-state index contributed by atoms with van der Waals surface area (Å²) in [7, 11) is 2.25. The van der Waals surface area contributed by atoms with E-state index in [9.17, 15) is 0 Å². The monoisotopic (exact) mass is 241 g/mol. The van der Waals surface area contributed by atoms with Crippen molar-refractivity contribution in [3.8, 4) is 0 Å². The molecular formula is C13H27N3O. The average Bonchev–Trinajstić information content (AvgIpc) is 2.39. The van der Waals surface area contributed by atoms with Gasteiger partial charge in [-0.3, -0.25) is 4.90 Å². The minimum absolute atomic E-state index is 0.721. The normalized spacial score (nSPS) is 27.5. The zero-order chi connectivity index (χ0) is 11.9. The van der Waals surface area contributed by atoms with Gasteiger partial charge in [-0.05, 0) is 26.4 Å². The molecule has 17 heavy (non-hydrogen) atoms. The van der Waals surface area contributed by atoms with Crippen LogP contribution in [0, 0.1) is 0 Å². The van der Waals surface area contributed by atoms with Gasteiger partial charge in [0.2, 0.25) is 0 Å². The molecule has 0 amide bonds. The fourth-order valence-corrected chi connectivity index (χ4v) is 2.68. The molecule has 2 aliphatic heterocycles. The minimum Gasteiger partial charge on any atom is -0.379 e. The van der Waals surface area contributed by atoms with Crippen LogP contribution < -0.4 is 5.32 Å². The molecule has 100 valence electrons. The highest BCUT2D eigenvalue weighted by Crippen LogP contribution is 2.07.